The van der Waals surface area contributed by atoms with Crippen LogP contribution in [0.5, 0.6) is 0 Å². The van der Waals surface area contributed by atoms with Gasteiger partial charge in [-0.2, -0.15) is 0 Å². The van der Waals surface area contributed by atoms with E-state index in [1.54, 1.807) is 0 Å². The van der Waals surface area contributed by atoms with Crippen LogP contribution in [0.15, 0.2) is 30.3 Å². The molecule has 0 spiro atoms. The lowest BCUT2D eigenvalue weighted by molar-refractivity contribution is -0.122. The van der Waals surface area contributed by atoms with E-state index in [0.29, 0.717) is 6.54 Å². The quantitative estimate of drug-likeness (QED) is 0.622. The van der Waals surface area contributed by atoms with Crippen molar-refractivity contribution in [2.24, 2.45) is 0 Å². The van der Waals surface area contributed by atoms with Crippen LogP contribution in [0, 0.1) is 0 Å². The third-order valence-corrected chi connectivity index (χ3v) is 4.21. The average Bonchev–Trinajstić information content (AvgIpc) is 2.58. The molecule has 0 bridgehead atoms. The van der Waals surface area contributed by atoms with Crippen LogP contribution < -0.4 is 21.3 Å². The van der Waals surface area contributed by atoms with Gasteiger partial charge in [-0.25, -0.2) is 0 Å². The molecule has 1 aromatic rings. The van der Waals surface area contributed by atoms with Crippen LogP contribution >= 0.6 is 0 Å². The molecule has 1 saturated heterocycles. The van der Waals surface area contributed by atoms with E-state index in [0.717, 1.165) is 57.9 Å². The van der Waals surface area contributed by atoms with Gasteiger partial charge in [0.1, 0.15) is 0 Å². The molecule has 0 saturated carbocycles. The van der Waals surface area contributed by atoms with Crippen molar-refractivity contribution in [2.45, 2.75) is 13.0 Å². The summed E-state index contributed by atoms with van der Waals surface area (Å²) in [5.41, 5.74) is 1.13. The molecule has 1 amide bonds. The first-order valence-corrected chi connectivity index (χ1v) is 8.94. The van der Waals surface area contributed by atoms with Gasteiger partial charge in [0.2, 0.25) is 5.91 Å². The molecule has 4 N–H and O–H groups in total. The molecule has 134 valence electrons. The summed E-state index contributed by atoms with van der Waals surface area (Å²) in [5.74, 6) is 0.0834. The van der Waals surface area contributed by atoms with Crippen LogP contribution in [0.25, 0.3) is 0 Å². The van der Waals surface area contributed by atoms with E-state index < -0.39 is 0 Å². The highest BCUT2D eigenvalue weighted by Crippen LogP contribution is 2.10. The minimum atomic E-state index is 0.0356. The summed E-state index contributed by atoms with van der Waals surface area (Å²) in [7, 11) is 0. The SMILES string of the molecule is C[C@@H](NC(=O)CN1CCNCCNCCNCC1)c1ccccc1. The number of nitrogens with one attached hydrogen (secondary N) is 4. The molecule has 24 heavy (non-hydrogen) atoms. The van der Waals surface area contributed by atoms with Crippen molar-refractivity contribution in [2.75, 3.05) is 58.9 Å². The van der Waals surface area contributed by atoms with Gasteiger partial charge in [-0.15, -0.1) is 0 Å². The van der Waals surface area contributed by atoms with E-state index in [1.165, 1.54) is 0 Å². The van der Waals surface area contributed by atoms with Crippen molar-refractivity contribution >= 4 is 5.91 Å². The highest BCUT2D eigenvalue weighted by molar-refractivity contribution is 5.78. The topological polar surface area (TPSA) is 68.4 Å². The predicted molar refractivity (Wildman–Crippen MR) is 98.0 cm³/mol. The Morgan fingerprint density at radius 1 is 1.00 bits per heavy atom. The van der Waals surface area contributed by atoms with Crippen molar-refractivity contribution in [1.82, 2.24) is 26.2 Å². The predicted octanol–water partition coefficient (Wildman–Crippen LogP) is -0.0518. The van der Waals surface area contributed by atoms with Gasteiger partial charge in [0, 0.05) is 52.4 Å². The number of carbonyl (C=O) groups is 1. The Morgan fingerprint density at radius 2 is 1.54 bits per heavy atom. The number of rotatable bonds is 4. The summed E-state index contributed by atoms with van der Waals surface area (Å²) >= 11 is 0. The lowest BCUT2D eigenvalue weighted by atomic mass is 10.1. The maximum absolute atomic E-state index is 12.4. The second kappa shape index (κ2) is 11.1. The molecular formula is C18H31N5O. The van der Waals surface area contributed by atoms with Gasteiger partial charge in [0.25, 0.3) is 0 Å². The van der Waals surface area contributed by atoms with E-state index in [1.807, 2.05) is 37.3 Å². The molecule has 0 unspecified atom stereocenters. The van der Waals surface area contributed by atoms with Crippen molar-refractivity contribution in [3.05, 3.63) is 35.9 Å². The molecule has 1 fully saturated rings. The van der Waals surface area contributed by atoms with Gasteiger partial charge >= 0.3 is 0 Å². The standard InChI is InChI=1S/C18H31N5O/c1-16(17-5-3-2-4-6-17)22-18(24)15-23-13-11-20-9-7-19-8-10-21-12-14-23/h2-6,16,19-21H,7-15H2,1H3,(H,22,24)/t16-/m1/s1. The van der Waals surface area contributed by atoms with Crippen molar-refractivity contribution in [3.63, 3.8) is 0 Å². The third kappa shape index (κ3) is 7.40. The first-order valence-electron chi connectivity index (χ1n) is 8.94. The summed E-state index contributed by atoms with van der Waals surface area (Å²) in [4.78, 5) is 14.6. The van der Waals surface area contributed by atoms with E-state index in [2.05, 4.69) is 26.2 Å². The lowest BCUT2D eigenvalue weighted by Crippen LogP contribution is -2.45. The smallest absolute Gasteiger partial charge is 0.234 e. The Hall–Kier alpha value is -1.47. The van der Waals surface area contributed by atoms with Crippen LogP contribution in [0.3, 0.4) is 0 Å². The fourth-order valence-corrected chi connectivity index (χ4v) is 2.79. The second-order valence-corrected chi connectivity index (χ2v) is 6.23. The van der Waals surface area contributed by atoms with Gasteiger partial charge in [-0.05, 0) is 12.5 Å². The Kier molecular flexibility index (Phi) is 8.76. The van der Waals surface area contributed by atoms with Crippen molar-refractivity contribution < 1.29 is 4.79 Å². The van der Waals surface area contributed by atoms with Gasteiger partial charge in [-0.3, -0.25) is 9.69 Å². The fraction of sp³-hybridized carbons (Fsp3) is 0.611. The molecule has 0 radical (unpaired) electrons. The molecule has 6 heteroatoms. The van der Waals surface area contributed by atoms with Crippen LogP contribution in [0.4, 0.5) is 0 Å². The molecule has 1 aromatic carbocycles. The zero-order valence-electron chi connectivity index (χ0n) is 14.7. The lowest BCUT2D eigenvalue weighted by Gasteiger charge is -2.24. The van der Waals surface area contributed by atoms with Gasteiger partial charge < -0.3 is 21.3 Å². The van der Waals surface area contributed by atoms with E-state index >= 15 is 0 Å². The van der Waals surface area contributed by atoms with Crippen molar-refractivity contribution in [3.8, 4) is 0 Å². The first kappa shape index (κ1) is 18.9. The summed E-state index contributed by atoms with van der Waals surface area (Å²) in [5, 5.41) is 13.3. The zero-order chi connectivity index (χ0) is 17.0. The molecule has 1 atom stereocenters. The zero-order valence-corrected chi connectivity index (χ0v) is 14.7. The Labute approximate surface area is 145 Å². The first-order chi connectivity index (χ1) is 11.8. The minimum Gasteiger partial charge on any atom is -0.348 e. The third-order valence-electron chi connectivity index (χ3n) is 4.21. The number of benzene rings is 1. The Morgan fingerprint density at radius 3 is 2.12 bits per heavy atom. The summed E-state index contributed by atoms with van der Waals surface area (Å²) in [6.45, 7) is 9.94. The monoisotopic (exact) mass is 333 g/mol. The van der Waals surface area contributed by atoms with Gasteiger partial charge in [0.05, 0.1) is 12.6 Å². The summed E-state index contributed by atoms with van der Waals surface area (Å²) in [6.07, 6.45) is 0. The maximum Gasteiger partial charge on any atom is 0.234 e. The van der Waals surface area contributed by atoms with Gasteiger partial charge in [0.15, 0.2) is 0 Å². The molecule has 0 aromatic heterocycles. The summed E-state index contributed by atoms with van der Waals surface area (Å²) < 4.78 is 0. The van der Waals surface area contributed by atoms with Crippen LogP contribution in [-0.4, -0.2) is 69.7 Å². The summed E-state index contributed by atoms with van der Waals surface area (Å²) in [6, 6.07) is 10.1. The molecule has 1 aliphatic rings. The highest BCUT2D eigenvalue weighted by Gasteiger charge is 2.13. The fourth-order valence-electron chi connectivity index (χ4n) is 2.79. The Balaban J connectivity index is 1.78. The maximum atomic E-state index is 12.4. The molecule has 6 nitrogen and oxygen atoms in total. The number of hydrogen-bond acceptors (Lipinski definition) is 5. The molecule has 2 rings (SSSR count). The molecular weight excluding hydrogens is 302 g/mol. The number of amides is 1. The number of carbonyl (C=O) groups excluding carboxylic acids is 1. The number of hydrogen-bond donors (Lipinski definition) is 4. The molecule has 1 heterocycles. The van der Waals surface area contributed by atoms with E-state index in [-0.39, 0.29) is 11.9 Å². The largest absolute Gasteiger partial charge is 0.348 e. The van der Waals surface area contributed by atoms with Crippen molar-refractivity contribution in [1.29, 1.82) is 0 Å². The second-order valence-electron chi connectivity index (χ2n) is 6.23. The van der Waals surface area contributed by atoms with Gasteiger partial charge in [-0.1, -0.05) is 30.3 Å². The molecule has 0 aliphatic carbocycles. The average molecular weight is 333 g/mol. The van der Waals surface area contributed by atoms with E-state index in [4.69, 9.17) is 0 Å². The van der Waals surface area contributed by atoms with Crippen LogP contribution in [0.1, 0.15) is 18.5 Å². The normalized spacial score (nSPS) is 19.7. The van der Waals surface area contributed by atoms with Crippen LogP contribution in [0.2, 0.25) is 0 Å². The Bertz CT molecular complexity index is 456. The van der Waals surface area contributed by atoms with Crippen LogP contribution in [-0.2, 0) is 4.79 Å². The highest BCUT2D eigenvalue weighted by atomic mass is 16.2. The minimum absolute atomic E-state index is 0.0356. The molecule has 1 aliphatic heterocycles. The van der Waals surface area contributed by atoms with E-state index in [9.17, 15) is 4.79 Å². The number of nitrogens with zero attached hydrogens (tertiary/aromatic N) is 1.